The van der Waals surface area contributed by atoms with Crippen molar-refractivity contribution in [2.75, 3.05) is 13.2 Å². The molecule has 5 heteroatoms. The highest BCUT2D eigenvalue weighted by Gasteiger charge is 2.36. The van der Waals surface area contributed by atoms with Gasteiger partial charge in [0.1, 0.15) is 5.75 Å². The molecule has 0 radical (unpaired) electrons. The maximum absolute atomic E-state index is 12.9. The molecule has 5 atom stereocenters. The Kier molecular flexibility index (Phi) is 8.21. The van der Waals surface area contributed by atoms with Gasteiger partial charge < -0.3 is 14.4 Å². The lowest BCUT2D eigenvalue weighted by molar-refractivity contribution is -0.139. The number of halogens is 1. The fourth-order valence-corrected chi connectivity index (χ4v) is 6.06. The van der Waals surface area contributed by atoms with Crippen LogP contribution in [0, 0.1) is 11.8 Å². The molecular formula is C29H38ClNO3. The third kappa shape index (κ3) is 5.60. The monoisotopic (exact) mass is 483 g/mol. The van der Waals surface area contributed by atoms with Gasteiger partial charge in [0.2, 0.25) is 0 Å². The first-order valence-electron chi connectivity index (χ1n) is 12.7. The molecule has 0 saturated carbocycles. The molecule has 2 fully saturated rings. The van der Waals surface area contributed by atoms with Crippen molar-refractivity contribution < 1.29 is 14.3 Å². The van der Waals surface area contributed by atoms with Gasteiger partial charge in [-0.05, 0) is 80.7 Å². The summed E-state index contributed by atoms with van der Waals surface area (Å²) in [6, 6.07) is 16.7. The van der Waals surface area contributed by atoms with Gasteiger partial charge in [0.05, 0.1) is 12.7 Å². The normalized spacial score (nSPS) is 27.6. The van der Waals surface area contributed by atoms with Gasteiger partial charge in [-0.15, -0.1) is 0 Å². The van der Waals surface area contributed by atoms with E-state index in [0.717, 1.165) is 35.6 Å². The van der Waals surface area contributed by atoms with Crippen LogP contribution in [0.5, 0.6) is 5.75 Å². The maximum Gasteiger partial charge on any atom is 0.260 e. The van der Waals surface area contributed by atoms with Crippen molar-refractivity contribution in [2.45, 2.75) is 77.5 Å². The molecule has 4 rings (SSSR count). The maximum atomic E-state index is 12.9. The molecule has 2 aromatic carbocycles. The molecule has 2 aliphatic heterocycles. The summed E-state index contributed by atoms with van der Waals surface area (Å²) in [5.74, 6) is 1.91. The molecule has 0 N–H and O–H groups in total. The lowest BCUT2D eigenvalue weighted by atomic mass is 9.76. The van der Waals surface area contributed by atoms with E-state index in [1.54, 1.807) is 0 Å². The summed E-state index contributed by atoms with van der Waals surface area (Å²) in [5.41, 5.74) is 2.28. The van der Waals surface area contributed by atoms with Gasteiger partial charge in [-0.2, -0.15) is 0 Å². The van der Waals surface area contributed by atoms with Crippen molar-refractivity contribution in [1.29, 1.82) is 0 Å². The zero-order chi connectivity index (χ0) is 24.2. The number of hydrogen-bond acceptors (Lipinski definition) is 3. The molecule has 2 aromatic rings. The van der Waals surface area contributed by atoms with Crippen LogP contribution in [0.2, 0.25) is 5.02 Å². The molecule has 34 heavy (non-hydrogen) atoms. The summed E-state index contributed by atoms with van der Waals surface area (Å²) in [4.78, 5) is 14.9. The second-order valence-corrected chi connectivity index (χ2v) is 10.8. The number of rotatable bonds is 6. The summed E-state index contributed by atoms with van der Waals surface area (Å²) in [7, 11) is 0. The molecule has 4 nitrogen and oxygen atoms in total. The average Bonchev–Trinajstić information content (AvgIpc) is 2.83. The van der Waals surface area contributed by atoms with Crippen LogP contribution in [0.15, 0.2) is 48.5 Å². The lowest BCUT2D eigenvalue weighted by Gasteiger charge is -2.39. The largest absolute Gasteiger partial charge is 0.484 e. The highest BCUT2D eigenvalue weighted by molar-refractivity contribution is 6.31. The Morgan fingerprint density at radius 3 is 2.56 bits per heavy atom. The van der Waals surface area contributed by atoms with Gasteiger partial charge in [-0.25, -0.2) is 0 Å². The number of benzene rings is 2. The molecule has 0 bridgehead atoms. The average molecular weight is 484 g/mol. The number of ether oxygens (including phenoxy) is 2. The van der Waals surface area contributed by atoms with E-state index in [1.165, 1.54) is 12.0 Å². The molecule has 184 valence electrons. The van der Waals surface area contributed by atoms with Gasteiger partial charge in [0.25, 0.3) is 5.91 Å². The Balaban J connectivity index is 1.44. The molecule has 2 unspecified atom stereocenters. The van der Waals surface area contributed by atoms with Crippen LogP contribution >= 0.6 is 11.6 Å². The minimum absolute atomic E-state index is 0.000119. The number of piperidine rings is 1. The van der Waals surface area contributed by atoms with Crippen LogP contribution in [0.25, 0.3) is 0 Å². The van der Waals surface area contributed by atoms with Gasteiger partial charge in [0, 0.05) is 23.0 Å². The second-order valence-electron chi connectivity index (χ2n) is 10.4. The van der Waals surface area contributed by atoms with E-state index < -0.39 is 0 Å². The molecule has 2 saturated heterocycles. The lowest BCUT2D eigenvalue weighted by Crippen LogP contribution is -2.49. The summed E-state index contributed by atoms with van der Waals surface area (Å²) in [5, 5.41) is 0.814. The second kappa shape index (κ2) is 11.1. The first kappa shape index (κ1) is 25.1. The van der Waals surface area contributed by atoms with E-state index in [4.69, 9.17) is 21.1 Å². The van der Waals surface area contributed by atoms with Crippen molar-refractivity contribution in [3.8, 4) is 5.75 Å². The molecule has 0 spiro atoms. The summed E-state index contributed by atoms with van der Waals surface area (Å²) in [6.07, 6.45) is 4.35. The van der Waals surface area contributed by atoms with Crippen molar-refractivity contribution >= 4 is 17.5 Å². The molecule has 1 amide bonds. The Morgan fingerprint density at radius 2 is 1.85 bits per heavy atom. The summed E-state index contributed by atoms with van der Waals surface area (Å²) in [6.45, 7) is 9.51. The molecular weight excluding hydrogens is 446 g/mol. The Labute approximate surface area is 209 Å². The van der Waals surface area contributed by atoms with E-state index >= 15 is 0 Å². The van der Waals surface area contributed by atoms with E-state index in [-0.39, 0.29) is 30.7 Å². The van der Waals surface area contributed by atoms with Gasteiger partial charge in [-0.3, -0.25) is 4.79 Å². The van der Waals surface area contributed by atoms with Crippen molar-refractivity contribution in [3.63, 3.8) is 0 Å². The first-order chi connectivity index (χ1) is 16.3. The standard InChI is InChI=1S/C29H38ClNO3/c1-19(2)26-16-23(25-13-5-6-14-27(25)30)17-34-29(26)22-11-8-12-24(15-22)33-18-28(32)31-20(3)9-7-10-21(31)4/h5-6,8,11-15,19-21,23,26,29H,7,9-10,16-18H2,1-4H3/t20?,21?,23-,26-,29-/m0/s1. The fraction of sp³-hybridized carbons (Fsp3) is 0.552. The number of nitrogens with zero attached hydrogens (tertiary/aromatic N) is 1. The molecule has 2 aliphatic rings. The van der Waals surface area contributed by atoms with Crippen LogP contribution in [-0.2, 0) is 9.53 Å². The predicted octanol–water partition coefficient (Wildman–Crippen LogP) is 7.03. The van der Waals surface area contributed by atoms with Gasteiger partial charge in [-0.1, -0.05) is 55.8 Å². The van der Waals surface area contributed by atoms with E-state index in [9.17, 15) is 4.79 Å². The Morgan fingerprint density at radius 1 is 1.12 bits per heavy atom. The smallest absolute Gasteiger partial charge is 0.260 e. The van der Waals surface area contributed by atoms with Crippen LogP contribution in [0.3, 0.4) is 0 Å². The highest BCUT2D eigenvalue weighted by Crippen LogP contribution is 2.45. The predicted molar refractivity (Wildman–Crippen MR) is 137 cm³/mol. The zero-order valence-electron chi connectivity index (χ0n) is 20.9. The number of carbonyl (C=O) groups is 1. The van der Waals surface area contributed by atoms with E-state index in [2.05, 4.69) is 39.8 Å². The minimum atomic E-state index is 0.000119. The van der Waals surface area contributed by atoms with E-state index in [0.29, 0.717) is 24.4 Å². The number of carbonyl (C=O) groups excluding carboxylic acids is 1. The number of amides is 1. The van der Waals surface area contributed by atoms with Crippen molar-refractivity contribution in [1.82, 2.24) is 4.90 Å². The molecule has 0 aromatic heterocycles. The quantitative estimate of drug-likeness (QED) is 0.442. The highest BCUT2D eigenvalue weighted by atomic mass is 35.5. The zero-order valence-corrected chi connectivity index (χ0v) is 21.6. The number of likely N-dealkylation sites (tertiary alicyclic amines) is 1. The molecule has 0 aliphatic carbocycles. The van der Waals surface area contributed by atoms with Crippen LogP contribution in [0.4, 0.5) is 0 Å². The SMILES string of the molecule is CC(C)[C@@H]1C[C@H](c2ccccc2Cl)CO[C@H]1c1cccc(OCC(=O)N2C(C)CCCC2C)c1. The third-order valence-electron chi connectivity index (χ3n) is 7.65. The minimum Gasteiger partial charge on any atom is -0.484 e. The first-order valence-corrected chi connectivity index (χ1v) is 13.1. The summed E-state index contributed by atoms with van der Waals surface area (Å²) >= 11 is 6.49. The van der Waals surface area contributed by atoms with Crippen LogP contribution in [-0.4, -0.2) is 36.1 Å². The Hall–Kier alpha value is -2.04. The topological polar surface area (TPSA) is 38.8 Å². The van der Waals surface area contributed by atoms with E-state index in [1.807, 2.05) is 41.3 Å². The third-order valence-corrected chi connectivity index (χ3v) is 8.00. The van der Waals surface area contributed by atoms with Gasteiger partial charge in [0.15, 0.2) is 6.61 Å². The van der Waals surface area contributed by atoms with Crippen molar-refractivity contribution in [2.24, 2.45) is 11.8 Å². The molecule has 2 heterocycles. The van der Waals surface area contributed by atoms with Gasteiger partial charge >= 0.3 is 0 Å². The van der Waals surface area contributed by atoms with Crippen LogP contribution < -0.4 is 4.74 Å². The van der Waals surface area contributed by atoms with Crippen molar-refractivity contribution in [3.05, 3.63) is 64.7 Å². The van der Waals surface area contributed by atoms with Crippen LogP contribution in [0.1, 0.15) is 76.5 Å². The fourth-order valence-electron chi connectivity index (χ4n) is 5.77. The summed E-state index contributed by atoms with van der Waals surface area (Å²) < 4.78 is 12.5. The number of hydrogen-bond donors (Lipinski definition) is 0. The Bertz CT molecular complexity index is 967.